The van der Waals surface area contributed by atoms with Crippen LogP contribution >= 0.6 is 0 Å². The van der Waals surface area contributed by atoms with Crippen LogP contribution in [0.1, 0.15) is 32.3 Å². The number of fused-ring (bicyclic) bond motifs is 1. The number of likely N-dealkylation sites (N-methyl/N-ethyl adjacent to an activating group) is 1. The summed E-state index contributed by atoms with van der Waals surface area (Å²) in [5, 5.41) is 19.7. The summed E-state index contributed by atoms with van der Waals surface area (Å²) in [6.45, 7) is 9.64. The van der Waals surface area contributed by atoms with Gasteiger partial charge < -0.3 is 35.6 Å². The van der Waals surface area contributed by atoms with Crippen molar-refractivity contribution < 1.29 is 23.4 Å². The van der Waals surface area contributed by atoms with E-state index in [1.807, 2.05) is 6.07 Å². The van der Waals surface area contributed by atoms with Crippen molar-refractivity contribution in [2.24, 2.45) is 5.92 Å². The number of amides is 1. The number of likely N-dealkylation sites (tertiary alicyclic amines) is 1. The highest BCUT2D eigenvalue weighted by atomic mass is 19.2. The summed E-state index contributed by atoms with van der Waals surface area (Å²) in [5.41, 5.74) is 0.720. The second-order valence-electron chi connectivity index (χ2n) is 11.1. The van der Waals surface area contributed by atoms with Crippen molar-refractivity contribution in [3.05, 3.63) is 60.4 Å². The van der Waals surface area contributed by atoms with Crippen molar-refractivity contribution in [1.82, 2.24) is 19.9 Å². The number of nitrogens with zero attached hydrogens (tertiary/aromatic N) is 5. The van der Waals surface area contributed by atoms with E-state index in [2.05, 4.69) is 54.3 Å². The second-order valence-corrected chi connectivity index (χ2v) is 11.1. The van der Waals surface area contributed by atoms with Crippen LogP contribution in [0.25, 0.3) is 0 Å². The van der Waals surface area contributed by atoms with Crippen LogP contribution in [0.5, 0.6) is 5.75 Å². The van der Waals surface area contributed by atoms with Gasteiger partial charge >= 0.3 is 0 Å². The lowest BCUT2D eigenvalue weighted by Crippen LogP contribution is -2.35. The number of rotatable bonds is 10. The van der Waals surface area contributed by atoms with E-state index >= 15 is 0 Å². The van der Waals surface area contributed by atoms with Gasteiger partial charge in [0.15, 0.2) is 11.6 Å². The largest absolute Gasteiger partial charge is 0.494 e. The van der Waals surface area contributed by atoms with Crippen molar-refractivity contribution in [1.29, 1.82) is 0 Å². The smallest absolute Gasteiger partial charge is 0.247 e. The Morgan fingerprint density at radius 1 is 1.14 bits per heavy atom. The minimum atomic E-state index is -1.43. The highest BCUT2D eigenvalue weighted by molar-refractivity contribution is 6.02. The first-order valence-corrected chi connectivity index (χ1v) is 14.1. The molecule has 3 atom stereocenters. The zero-order valence-corrected chi connectivity index (χ0v) is 24.6. The van der Waals surface area contributed by atoms with Gasteiger partial charge in [0.05, 0.1) is 35.5 Å². The van der Waals surface area contributed by atoms with Gasteiger partial charge in [-0.2, -0.15) is 4.98 Å². The Labute approximate surface area is 249 Å². The number of methoxy groups -OCH3 is 1. The number of carbonyl (C=O) groups is 1. The maximum absolute atomic E-state index is 14.2. The highest BCUT2D eigenvalue weighted by Gasteiger charge is 2.41. The van der Waals surface area contributed by atoms with Crippen molar-refractivity contribution >= 4 is 40.6 Å². The molecule has 2 fully saturated rings. The first-order chi connectivity index (χ1) is 20.5. The molecule has 1 amide bonds. The first-order valence-electron chi connectivity index (χ1n) is 14.1. The van der Waals surface area contributed by atoms with Crippen molar-refractivity contribution in [2.75, 3.05) is 54.6 Å². The monoisotopic (exact) mass is 594 g/mol. The standard InChI is InChI=1S/C30H36F2N8O3/c1-6-27(41)35-22-12-23(26(43-5)13-24(22)40-9-8-17-14-39(4)15-25(17)40)37-29-34-16-33-28(38-29)36-21-11-20(32)19(31)10-18(21)30(3,42)7-2/h6,10-13,16-17,25,42H,1,7-9,14-15H2,2-5H3,(H,35,41)(H2,33,34,36,37,38)/t17?,25-,30?/m0/s1. The molecule has 0 spiro atoms. The zero-order valence-electron chi connectivity index (χ0n) is 24.6. The molecule has 2 aliphatic rings. The number of aromatic nitrogens is 3. The summed E-state index contributed by atoms with van der Waals surface area (Å²) in [6.07, 6.45) is 3.77. The van der Waals surface area contributed by atoms with Crippen LogP contribution in [0.3, 0.4) is 0 Å². The summed E-state index contributed by atoms with van der Waals surface area (Å²) in [4.78, 5) is 29.7. The summed E-state index contributed by atoms with van der Waals surface area (Å²) in [6, 6.07) is 5.86. The molecule has 0 bridgehead atoms. The molecule has 228 valence electrons. The van der Waals surface area contributed by atoms with Gasteiger partial charge in [-0.15, -0.1) is 0 Å². The van der Waals surface area contributed by atoms with Crippen LogP contribution in [-0.2, 0) is 10.4 Å². The van der Waals surface area contributed by atoms with E-state index in [1.165, 1.54) is 19.3 Å². The lowest BCUT2D eigenvalue weighted by Gasteiger charge is -2.29. The minimum absolute atomic E-state index is 0.0286. The van der Waals surface area contributed by atoms with E-state index in [-0.39, 0.29) is 35.5 Å². The number of ether oxygens (including phenoxy) is 1. The number of carbonyl (C=O) groups excluding carboxylic acids is 1. The van der Waals surface area contributed by atoms with Gasteiger partial charge in [-0.1, -0.05) is 13.5 Å². The van der Waals surface area contributed by atoms with E-state index in [1.54, 1.807) is 20.1 Å². The molecule has 2 aromatic carbocycles. The molecule has 11 nitrogen and oxygen atoms in total. The first kappa shape index (κ1) is 30.1. The Balaban J connectivity index is 1.47. The van der Waals surface area contributed by atoms with Gasteiger partial charge in [0.25, 0.3) is 0 Å². The zero-order chi connectivity index (χ0) is 30.9. The summed E-state index contributed by atoms with van der Waals surface area (Å²) < 4.78 is 34.0. The molecule has 2 saturated heterocycles. The summed E-state index contributed by atoms with van der Waals surface area (Å²) >= 11 is 0. The summed E-state index contributed by atoms with van der Waals surface area (Å²) in [7, 11) is 3.66. The number of anilines is 6. The van der Waals surface area contributed by atoms with Crippen LogP contribution < -0.4 is 25.6 Å². The molecule has 0 saturated carbocycles. The Bertz CT molecular complexity index is 1540. The molecule has 0 aliphatic carbocycles. The fourth-order valence-corrected chi connectivity index (χ4v) is 5.77. The molecule has 3 heterocycles. The molecule has 1 aromatic heterocycles. The lowest BCUT2D eigenvalue weighted by atomic mass is 9.91. The molecule has 2 aliphatic heterocycles. The third-order valence-electron chi connectivity index (χ3n) is 8.19. The SMILES string of the molecule is C=CC(=O)Nc1cc(Nc2ncnc(Nc3cc(F)c(F)cc3C(C)(O)CC)n2)c(OC)cc1N1CCC2CN(C)C[C@@H]21. The maximum Gasteiger partial charge on any atom is 0.247 e. The number of aliphatic hydroxyl groups is 1. The lowest BCUT2D eigenvalue weighted by molar-refractivity contribution is -0.111. The predicted molar refractivity (Wildman–Crippen MR) is 161 cm³/mol. The van der Waals surface area contributed by atoms with E-state index < -0.39 is 17.2 Å². The quantitative estimate of drug-likeness (QED) is 0.249. The van der Waals surface area contributed by atoms with Crippen molar-refractivity contribution in [2.45, 2.75) is 38.3 Å². The fraction of sp³-hybridized carbons (Fsp3) is 0.400. The Hall–Kier alpha value is -4.36. The maximum atomic E-state index is 14.2. The Morgan fingerprint density at radius 2 is 1.84 bits per heavy atom. The molecule has 3 aromatic rings. The van der Waals surface area contributed by atoms with Crippen LogP contribution in [-0.4, -0.2) is 70.7 Å². The number of nitrogens with one attached hydrogen (secondary N) is 3. The second kappa shape index (κ2) is 12.1. The molecule has 4 N–H and O–H groups in total. The third-order valence-corrected chi connectivity index (χ3v) is 8.19. The average molecular weight is 595 g/mol. The summed E-state index contributed by atoms with van der Waals surface area (Å²) in [5.74, 6) is -1.32. The molecule has 0 radical (unpaired) electrons. The predicted octanol–water partition coefficient (Wildman–Crippen LogP) is 4.53. The van der Waals surface area contributed by atoms with Gasteiger partial charge in [0.1, 0.15) is 12.1 Å². The minimum Gasteiger partial charge on any atom is -0.494 e. The van der Waals surface area contributed by atoms with Crippen molar-refractivity contribution in [3.63, 3.8) is 0 Å². The number of hydrogen-bond acceptors (Lipinski definition) is 10. The average Bonchev–Trinajstić information content (AvgIpc) is 3.54. The van der Waals surface area contributed by atoms with Gasteiger partial charge in [0.2, 0.25) is 17.8 Å². The molecule has 43 heavy (non-hydrogen) atoms. The normalized spacial score (nSPS) is 19.5. The molecule has 2 unspecified atom stereocenters. The number of hydrogen-bond donors (Lipinski definition) is 4. The van der Waals surface area contributed by atoms with E-state index in [0.29, 0.717) is 29.1 Å². The van der Waals surface area contributed by atoms with Crippen molar-refractivity contribution in [3.8, 4) is 5.75 Å². The van der Waals surface area contributed by atoms with E-state index in [4.69, 9.17) is 4.74 Å². The van der Waals surface area contributed by atoms with Gasteiger partial charge in [-0.05, 0) is 50.9 Å². The van der Waals surface area contributed by atoms with E-state index in [9.17, 15) is 18.7 Å². The number of halogens is 2. The van der Waals surface area contributed by atoms with Crippen LogP contribution in [0.4, 0.5) is 43.4 Å². The topological polar surface area (TPSA) is 128 Å². The molecular formula is C30H36F2N8O3. The van der Waals surface area contributed by atoms with Crippen LogP contribution in [0, 0.1) is 17.6 Å². The molecular weight excluding hydrogens is 558 g/mol. The third kappa shape index (κ3) is 6.22. The van der Waals surface area contributed by atoms with Crippen LogP contribution in [0.15, 0.2) is 43.2 Å². The Kier molecular flexibility index (Phi) is 8.47. The number of benzene rings is 2. The van der Waals surface area contributed by atoms with Crippen LogP contribution in [0.2, 0.25) is 0 Å². The fourth-order valence-electron chi connectivity index (χ4n) is 5.77. The molecule has 13 heteroatoms. The Morgan fingerprint density at radius 3 is 2.51 bits per heavy atom. The van der Waals surface area contributed by atoms with E-state index in [0.717, 1.165) is 43.9 Å². The van der Waals surface area contributed by atoms with Gasteiger partial charge in [-0.25, -0.2) is 18.7 Å². The van der Waals surface area contributed by atoms with Gasteiger partial charge in [-0.3, -0.25) is 4.79 Å². The van der Waals surface area contributed by atoms with Gasteiger partial charge in [0, 0.05) is 43.4 Å². The molecule has 5 rings (SSSR count). The highest BCUT2D eigenvalue weighted by Crippen LogP contribution is 2.43.